The first-order valence-corrected chi connectivity index (χ1v) is 7.30. The number of ether oxygens (including phenoxy) is 2. The highest BCUT2D eigenvalue weighted by molar-refractivity contribution is 5.80. The summed E-state index contributed by atoms with van der Waals surface area (Å²) >= 11 is 0. The standard InChI is InChI=1S/C16H23NO4/c1-12-8-17(9-15(10-18)21-12)16(19)13(2)20-11-14-6-4-3-5-7-14/h3-7,12-13,15,18H,8-11H2,1-2H3. The lowest BCUT2D eigenvalue weighted by molar-refractivity contribution is -0.158. The third-order valence-corrected chi connectivity index (χ3v) is 3.53. The molecule has 0 radical (unpaired) electrons. The molecule has 0 saturated carbocycles. The molecule has 1 N–H and O–H groups in total. The molecule has 5 heteroatoms. The molecule has 1 aromatic rings. The maximum Gasteiger partial charge on any atom is 0.251 e. The van der Waals surface area contributed by atoms with Crippen molar-refractivity contribution >= 4 is 5.91 Å². The maximum atomic E-state index is 12.4. The number of nitrogens with zero attached hydrogens (tertiary/aromatic N) is 1. The second-order valence-electron chi connectivity index (χ2n) is 5.43. The fourth-order valence-corrected chi connectivity index (χ4v) is 2.45. The Labute approximate surface area is 125 Å². The molecular formula is C16H23NO4. The smallest absolute Gasteiger partial charge is 0.251 e. The van der Waals surface area contributed by atoms with Gasteiger partial charge >= 0.3 is 0 Å². The van der Waals surface area contributed by atoms with Gasteiger partial charge in [-0.2, -0.15) is 0 Å². The summed E-state index contributed by atoms with van der Waals surface area (Å²) in [4.78, 5) is 14.1. The van der Waals surface area contributed by atoms with E-state index in [9.17, 15) is 9.90 Å². The Balaban J connectivity index is 1.86. The molecule has 1 saturated heterocycles. The van der Waals surface area contributed by atoms with Crippen LogP contribution in [0.5, 0.6) is 0 Å². The molecule has 1 fully saturated rings. The zero-order valence-corrected chi connectivity index (χ0v) is 12.6. The van der Waals surface area contributed by atoms with Crippen molar-refractivity contribution in [1.29, 1.82) is 0 Å². The Hall–Kier alpha value is -1.43. The minimum absolute atomic E-state index is 0.0560. The van der Waals surface area contributed by atoms with Crippen molar-refractivity contribution in [2.45, 2.75) is 38.8 Å². The van der Waals surface area contributed by atoms with E-state index in [1.54, 1.807) is 11.8 Å². The van der Waals surface area contributed by atoms with E-state index in [0.717, 1.165) is 5.56 Å². The van der Waals surface area contributed by atoms with Crippen LogP contribution in [0.3, 0.4) is 0 Å². The highest BCUT2D eigenvalue weighted by atomic mass is 16.5. The summed E-state index contributed by atoms with van der Waals surface area (Å²) in [5.41, 5.74) is 1.04. The molecule has 0 spiro atoms. The molecule has 1 aliphatic heterocycles. The van der Waals surface area contributed by atoms with Gasteiger partial charge in [-0.1, -0.05) is 30.3 Å². The van der Waals surface area contributed by atoms with Crippen LogP contribution in [0.25, 0.3) is 0 Å². The number of aliphatic hydroxyl groups excluding tert-OH is 1. The van der Waals surface area contributed by atoms with Crippen molar-refractivity contribution in [3.8, 4) is 0 Å². The van der Waals surface area contributed by atoms with Gasteiger partial charge in [-0.15, -0.1) is 0 Å². The van der Waals surface area contributed by atoms with Gasteiger partial charge in [-0.3, -0.25) is 4.79 Å². The third kappa shape index (κ3) is 4.52. The Morgan fingerprint density at radius 3 is 2.81 bits per heavy atom. The number of carbonyl (C=O) groups excluding carboxylic acids is 1. The monoisotopic (exact) mass is 293 g/mol. The molecule has 2 rings (SSSR count). The average molecular weight is 293 g/mol. The molecule has 0 bridgehead atoms. The molecule has 1 aromatic carbocycles. The van der Waals surface area contributed by atoms with Crippen LogP contribution < -0.4 is 0 Å². The molecule has 0 aliphatic carbocycles. The van der Waals surface area contributed by atoms with Crippen LogP contribution in [-0.4, -0.2) is 53.9 Å². The second-order valence-corrected chi connectivity index (χ2v) is 5.43. The number of hydrogen-bond acceptors (Lipinski definition) is 4. The van der Waals surface area contributed by atoms with Crippen molar-refractivity contribution in [3.05, 3.63) is 35.9 Å². The third-order valence-electron chi connectivity index (χ3n) is 3.53. The molecule has 5 nitrogen and oxygen atoms in total. The summed E-state index contributed by atoms with van der Waals surface area (Å²) in [7, 11) is 0. The molecule has 116 valence electrons. The van der Waals surface area contributed by atoms with Crippen LogP contribution in [0, 0.1) is 0 Å². The van der Waals surface area contributed by atoms with E-state index in [2.05, 4.69) is 0 Å². The molecular weight excluding hydrogens is 270 g/mol. The largest absolute Gasteiger partial charge is 0.394 e. The summed E-state index contributed by atoms with van der Waals surface area (Å²) in [6, 6.07) is 9.77. The van der Waals surface area contributed by atoms with Crippen molar-refractivity contribution in [2.24, 2.45) is 0 Å². The topological polar surface area (TPSA) is 59.0 Å². The average Bonchev–Trinajstić information content (AvgIpc) is 2.52. The SMILES string of the molecule is CC1CN(C(=O)C(C)OCc2ccccc2)CC(CO)O1. The lowest BCUT2D eigenvalue weighted by atomic mass is 10.2. The number of carbonyl (C=O) groups is 1. The van der Waals surface area contributed by atoms with Gasteiger partial charge in [0.15, 0.2) is 0 Å². The zero-order chi connectivity index (χ0) is 15.2. The van der Waals surface area contributed by atoms with Crippen LogP contribution in [0.1, 0.15) is 19.4 Å². The Kier molecular flexibility index (Phi) is 5.73. The zero-order valence-electron chi connectivity index (χ0n) is 12.6. The number of morpholine rings is 1. The summed E-state index contributed by atoms with van der Waals surface area (Å²) in [6.45, 7) is 4.95. The number of aliphatic hydroxyl groups is 1. The first-order valence-electron chi connectivity index (χ1n) is 7.30. The van der Waals surface area contributed by atoms with Gasteiger partial charge in [0.2, 0.25) is 0 Å². The Bertz CT molecular complexity index is 451. The van der Waals surface area contributed by atoms with E-state index in [4.69, 9.17) is 9.47 Å². The minimum atomic E-state index is -0.505. The van der Waals surface area contributed by atoms with Crippen LogP contribution in [0.15, 0.2) is 30.3 Å². The summed E-state index contributed by atoms with van der Waals surface area (Å²) in [5, 5.41) is 9.20. The minimum Gasteiger partial charge on any atom is -0.394 e. The normalized spacial score (nSPS) is 23.9. The number of rotatable bonds is 5. The summed E-state index contributed by atoms with van der Waals surface area (Å²) < 4.78 is 11.2. The first-order chi connectivity index (χ1) is 10.1. The summed E-state index contributed by atoms with van der Waals surface area (Å²) in [5.74, 6) is -0.0560. The van der Waals surface area contributed by atoms with Crippen LogP contribution in [-0.2, 0) is 20.9 Å². The number of hydrogen-bond donors (Lipinski definition) is 1. The lowest BCUT2D eigenvalue weighted by Crippen LogP contribution is -2.52. The quantitative estimate of drug-likeness (QED) is 0.886. The van der Waals surface area contributed by atoms with Crippen molar-refractivity contribution in [1.82, 2.24) is 4.90 Å². The van der Waals surface area contributed by atoms with Crippen LogP contribution in [0.4, 0.5) is 0 Å². The van der Waals surface area contributed by atoms with Gasteiger partial charge < -0.3 is 19.5 Å². The fourth-order valence-electron chi connectivity index (χ4n) is 2.45. The second kappa shape index (κ2) is 7.54. The van der Waals surface area contributed by atoms with Crippen molar-refractivity contribution in [2.75, 3.05) is 19.7 Å². The van der Waals surface area contributed by atoms with Gasteiger partial charge in [-0.05, 0) is 19.4 Å². The molecule has 3 unspecified atom stereocenters. The van der Waals surface area contributed by atoms with Gasteiger partial charge in [0.05, 0.1) is 25.4 Å². The van der Waals surface area contributed by atoms with Crippen LogP contribution in [0.2, 0.25) is 0 Å². The van der Waals surface area contributed by atoms with E-state index in [-0.39, 0.29) is 24.7 Å². The maximum absolute atomic E-state index is 12.4. The van der Waals surface area contributed by atoms with Gasteiger partial charge in [0.1, 0.15) is 6.10 Å². The lowest BCUT2D eigenvalue weighted by Gasteiger charge is -2.37. The predicted molar refractivity (Wildman–Crippen MR) is 78.7 cm³/mol. The Morgan fingerprint density at radius 2 is 2.14 bits per heavy atom. The van der Waals surface area contributed by atoms with Crippen LogP contribution >= 0.6 is 0 Å². The van der Waals surface area contributed by atoms with E-state index < -0.39 is 6.10 Å². The van der Waals surface area contributed by atoms with Gasteiger partial charge in [0.25, 0.3) is 5.91 Å². The molecule has 1 aliphatic rings. The van der Waals surface area contributed by atoms with Crippen molar-refractivity contribution < 1.29 is 19.4 Å². The first kappa shape index (κ1) is 15.9. The molecule has 0 aromatic heterocycles. The highest BCUT2D eigenvalue weighted by Gasteiger charge is 2.30. The molecule has 1 heterocycles. The predicted octanol–water partition coefficient (Wildman–Crippen LogP) is 1.20. The Morgan fingerprint density at radius 1 is 1.43 bits per heavy atom. The highest BCUT2D eigenvalue weighted by Crippen LogP contribution is 2.13. The molecule has 1 amide bonds. The van der Waals surface area contributed by atoms with E-state index in [1.165, 1.54) is 0 Å². The molecule has 3 atom stereocenters. The van der Waals surface area contributed by atoms with Crippen molar-refractivity contribution in [3.63, 3.8) is 0 Å². The number of benzene rings is 1. The van der Waals surface area contributed by atoms with Gasteiger partial charge in [-0.25, -0.2) is 0 Å². The fraction of sp³-hybridized carbons (Fsp3) is 0.562. The summed E-state index contributed by atoms with van der Waals surface area (Å²) in [6.07, 6.45) is -0.880. The molecule has 21 heavy (non-hydrogen) atoms. The van der Waals surface area contributed by atoms with E-state index >= 15 is 0 Å². The van der Waals surface area contributed by atoms with E-state index in [1.807, 2.05) is 37.3 Å². The van der Waals surface area contributed by atoms with Gasteiger partial charge in [0, 0.05) is 13.1 Å². The number of amides is 1. The van der Waals surface area contributed by atoms with E-state index in [0.29, 0.717) is 19.7 Å².